The van der Waals surface area contributed by atoms with Gasteiger partial charge in [-0.2, -0.15) is 0 Å². The third-order valence-electron chi connectivity index (χ3n) is 2.46. The molecule has 1 aromatic carbocycles. The number of hydrogen-bond donors (Lipinski definition) is 1. The summed E-state index contributed by atoms with van der Waals surface area (Å²) >= 11 is 3.34. The lowest BCUT2D eigenvalue weighted by Gasteiger charge is -2.13. The van der Waals surface area contributed by atoms with Crippen LogP contribution in [0.2, 0.25) is 0 Å². The molecule has 0 aliphatic carbocycles. The molecular formula is C11H13BrO4. The van der Waals surface area contributed by atoms with E-state index in [2.05, 4.69) is 15.9 Å². The number of rotatable bonds is 3. The largest absolute Gasteiger partial charge is 0.503 e. The molecule has 0 aromatic heterocycles. The second-order valence-corrected chi connectivity index (χ2v) is 4.26. The molecule has 0 atom stereocenters. The highest BCUT2D eigenvalue weighted by Crippen LogP contribution is 2.37. The molecule has 1 aromatic rings. The number of phenols is 1. The third kappa shape index (κ3) is 2.31. The Morgan fingerprint density at radius 1 is 1.44 bits per heavy atom. The van der Waals surface area contributed by atoms with E-state index in [-0.39, 0.29) is 12.0 Å². The first-order chi connectivity index (χ1) is 7.72. The fourth-order valence-electron chi connectivity index (χ4n) is 1.62. The van der Waals surface area contributed by atoms with Crippen LogP contribution in [0.5, 0.6) is 11.5 Å². The molecule has 1 fully saturated rings. The summed E-state index contributed by atoms with van der Waals surface area (Å²) in [7, 11) is 1.52. The summed E-state index contributed by atoms with van der Waals surface area (Å²) in [5, 5.41) is 9.80. The normalized spacial score (nSPS) is 16.6. The van der Waals surface area contributed by atoms with E-state index in [4.69, 9.17) is 14.2 Å². The molecule has 1 N–H and O–H groups in total. The molecule has 0 amide bonds. The summed E-state index contributed by atoms with van der Waals surface area (Å²) in [4.78, 5) is 0. The van der Waals surface area contributed by atoms with Crippen molar-refractivity contribution in [3.05, 3.63) is 22.2 Å². The van der Waals surface area contributed by atoms with E-state index in [9.17, 15) is 5.11 Å². The van der Waals surface area contributed by atoms with E-state index in [1.54, 1.807) is 6.07 Å². The van der Waals surface area contributed by atoms with Gasteiger partial charge in [-0.05, 0) is 27.6 Å². The van der Waals surface area contributed by atoms with Crippen molar-refractivity contribution in [3.63, 3.8) is 0 Å². The van der Waals surface area contributed by atoms with Gasteiger partial charge in [-0.25, -0.2) is 0 Å². The molecule has 0 saturated carbocycles. The van der Waals surface area contributed by atoms with Crippen molar-refractivity contribution in [2.75, 3.05) is 20.3 Å². The molecule has 0 radical (unpaired) electrons. The van der Waals surface area contributed by atoms with Crippen LogP contribution in [0.3, 0.4) is 0 Å². The summed E-state index contributed by atoms with van der Waals surface area (Å²) in [5.41, 5.74) is 0.935. The average Bonchev–Trinajstić information content (AvgIpc) is 2.78. The average molecular weight is 289 g/mol. The molecule has 2 rings (SSSR count). The number of ether oxygens (including phenoxy) is 3. The molecule has 0 bridgehead atoms. The van der Waals surface area contributed by atoms with E-state index >= 15 is 0 Å². The van der Waals surface area contributed by atoms with Crippen LogP contribution in [0.4, 0.5) is 0 Å². The Balaban J connectivity index is 2.18. The Morgan fingerprint density at radius 3 is 2.75 bits per heavy atom. The number of hydrogen-bond acceptors (Lipinski definition) is 4. The molecule has 1 aliphatic heterocycles. The van der Waals surface area contributed by atoms with Gasteiger partial charge in [0.1, 0.15) is 0 Å². The minimum atomic E-state index is -0.218. The Bertz CT molecular complexity index is 374. The van der Waals surface area contributed by atoms with Gasteiger partial charge in [-0.3, -0.25) is 0 Å². The van der Waals surface area contributed by atoms with Crippen LogP contribution in [0.1, 0.15) is 5.56 Å². The fourth-order valence-corrected chi connectivity index (χ4v) is 2.11. The van der Waals surface area contributed by atoms with Gasteiger partial charge in [-0.1, -0.05) is 6.07 Å². The SMILES string of the molecule is COc1ccc(CC2OCCO2)c(Br)c1O. The molecule has 16 heavy (non-hydrogen) atoms. The van der Waals surface area contributed by atoms with Crippen LogP contribution in [0.15, 0.2) is 16.6 Å². The lowest BCUT2D eigenvalue weighted by molar-refractivity contribution is -0.0401. The predicted octanol–water partition coefficient (Wildman–Crippen LogP) is 2.08. The van der Waals surface area contributed by atoms with Gasteiger partial charge in [0.2, 0.25) is 0 Å². The van der Waals surface area contributed by atoms with Crippen molar-refractivity contribution in [3.8, 4) is 11.5 Å². The highest BCUT2D eigenvalue weighted by molar-refractivity contribution is 9.10. The highest BCUT2D eigenvalue weighted by atomic mass is 79.9. The highest BCUT2D eigenvalue weighted by Gasteiger charge is 2.19. The molecule has 5 heteroatoms. The van der Waals surface area contributed by atoms with Gasteiger partial charge in [0.05, 0.1) is 24.8 Å². The topological polar surface area (TPSA) is 47.9 Å². The van der Waals surface area contributed by atoms with E-state index in [0.717, 1.165) is 5.56 Å². The summed E-state index contributed by atoms with van der Waals surface area (Å²) in [6.07, 6.45) is 0.391. The maximum atomic E-state index is 9.80. The molecule has 0 spiro atoms. The minimum Gasteiger partial charge on any atom is -0.503 e. The number of phenolic OH excluding ortho intramolecular Hbond substituents is 1. The summed E-state index contributed by atoms with van der Waals surface area (Å²) < 4.78 is 16.3. The van der Waals surface area contributed by atoms with Crippen molar-refractivity contribution >= 4 is 15.9 Å². The second kappa shape index (κ2) is 5.03. The minimum absolute atomic E-state index is 0.109. The van der Waals surface area contributed by atoms with Crippen molar-refractivity contribution in [2.24, 2.45) is 0 Å². The zero-order chi connectivity index (χ0) is 11.5. The zero-order valence-electron chi connectivity index (χ0n) is 8.90. The van der Waals surface area contributed by atoms with Crippen LogP contribution in [-0.4, -0.2) is 31.7 Å². The summed E-state index contributed by atoms with van der Waals surface area (Å²) in [6.45, 7) is 1.26. The monoisotopic (exact) mass is 288 g/mol. The second-order valence-electron chi connectivity index (χ2n) is 3.46. The maximum absolute atomic E-state index is 9.80. The molecule has 1 heterocycles. The van der Waals surface area contributed by atoms with Crippen LogP contribution >= 0.6 is 15.9 Å². The summed E-state index contributed by atoms with van der Waals surface area (Å²) in [6, 6.07) is 3.61. The quantitative estimate of drug-likeness (QED) is 0.925. The molecule has 88 valence electrons. The predicted molar refractivity (Wildman–Crippen MR) is 61.8 cm³/mol. The molecular weight excluding hydrogens is 276 g/mol. The first kappa shape index (κ1) is 11.7. The zero-order valence-corrected chi connectivity index (χ0v) is 10.5. The van der Waals surface area contributed by atoms with E-state index in [0.29, 0.717) is 29.9 Å². The first-order valence-corrected chi connectivity index (χ1v) is 5.79. The van der Waals surface area contributed by atoms with Crippen LogP contribution in [0.25, 0.3) is 0 Å². The van der Waals surface area contributed by atoms with Crippen molar-refractivity contribution in [2.45, 2.75) is 12.7 Å². The Labute approximate surface area is 102 Å². The Hall–Kier alpha value is -0.780. The number of aromatic hydroxyl groups is 1. The lowest BCUT2D eigenvalue weighted by Crippen LogP contribution is -2.11. The smallest absolute Gasteiger partial charge is 0.172 e. The van der Waals surface area contributed by atoms with Gasteiger partial charge in [-0.15, -0.1) is 0 Å². The van der Waals surface area contributed by atoms with Crippen molar-refractivity contribution in [1.82, 2.24) is 0 Å². The van der Waals surface area contributed by atoms with Gasteiger partial charge in [0.25, 0.3) is 0 Å². The number of halogens is 1. The Morgan fingerprint density at radius 2 is 2.12 bits per heavy atom. The molecule has 1 aliphatic rings. The van der Waals surface area contributed by atoms with Crippen molar-refractivity contribution in [1.29, 1.82) is 0 Å². The Kier molecular flexibility index (Phi) is 3.68. The first-order valence-electron chi connectivity index (χ1n) is 5.00. The van der Waals surface area contributed by atoms with E-state index < -0.39 is 0 Å². The standard InChI is InChI=1S/C11H13BrO4/c1-14-8-3-2-7(10(12)11(8)13)6-9-15-4-5-16-9/h2-3,9,13H,4-6H2,1H3. The molecule has 1 saturated heterocycles. The fraction of sp³-hybridized carbons (Fsp3) is 0.455. The van der Waals surface area contributed by atoms with Gasteiger partial charge in [0.15, 0.2) is 17.8 Å². The molecule has 4 nitrogen and oxygen atoms in total. The third-order valence-corrected chi connectivity index (χ3v) is 3.34. The number of benzene rings is 1. The van der Waals surface area contributed by atoms with Crippen LogP contribution in [0, 0.1) is 0 Å². The van der Waals surface area contributed by atoms with Crippen molar-refractivity contribution < 1.29 is 19.3 Å². The number of methoxy groups -OCH3 is 1. The van der Waals surface area contributed by atoms with Gasteiger partial charge in [0, 0.05) is 6.42 Å². The van der Waals surface area contributed by atoms with Gasteiger partial charge < -0.3 is 19.3 Å². The van der Waals surface area contributed by atoms with E-state index in [1.807, 2.05) is 6.07 Å². The van der Waals surface area contributed by atoms with Gasteiger partial charge >= 0.3 is 0 Å². The summed E-state index contributed by atoms with van der Waals surface area (Å²) in [5.74, 6) is 0.557. The molecule has 0 unspecified atom stereocenters. The lowest BCUT2D eigenvalue weighted by atomic mass is 10.1. The van der Waals surface area contributed by atoms with Crippen LogP contribution in [-0.2, 0) is 15.9 Å². The van der Waals surface area contributed by atoms with Crippen LogP contribution < -0.4 is 4.74 Å². The van der Waals surface area contributed by atoms with E-state index in [1.165, 1.54) is 7.11 Å². The maximum Gasteiger partial charge on any atom is 0.172 e.